The maximum atomic E-state index is 5.21. The van der Waals surface area contributed by atoms with E-state index in [0.717, 1.165) is 38.9 Å². The lowest BCUT2D eigenvalue weighted by Gasteiger charge is -2.16. The molecule has 0 amide bonds. The highest BCUT2D eigenvalue weighted by Crippen LogP contribution is 2.41. The van der Waals surface area contributed by atoms with Crippen LogP contribution in [0.1, 0.15) is 0 Å². The molecule has 0 saturated carbocycles. The summed E-state index contributed by atoms with van der Waals surface area (Å²) in [5.41, 5.74) is 6.36. The molecule has 2 heteroatoms. The van der Waals surface area contributed by atoms with Crippen LogP contribution in [0, 0.1) is 0 Å². The summed E-state index contributed by atoms with van der Waals surface area (Å²) in [4.78, 5) is 10.4. The number of aromatic nitrogens is 2. The highest BCUT2D eigenvalue weighted by atomic mass is 14.9. The molecule has 0 aliphatic carbocycles. The first kappa shape index (κ1) is 24.7. The van der Waals surface area contributed by atoms with Gasteiger partial charge in [0.05, 0.1) is 11.2 Å². The quantitative estimate of drug-likeness (QED) is 0.202. The molecule has 8 aromatic carbocycles. The number of hydrogen-bond acceptors (Lipinski definition) is 2. The Kier molecular flexibility index (Phi) is 5.54. The van der Waals surface area contributed by atoms with Crippen molar-refractivity contribution in [1.82, 2.24) is 9.97 Å². The molecular formula is C42H26N2. The molecule has 0 N–H and O–H groups in total. The first-order chi connectivity index (χ1) is 21.8. The van der Waals surface area contributed by atoms with E-state index in [-0.39, 0.29) is 0 Å². The van der Waals surface area contributed by atoms with E-state index in [0.29, 0.717) is 0 Å². The Balaban J connectivity index is 1.39. The molecule has 0 saturated heterocycles. The SMILES string of the molecule is c1ccc(-c2nc(-c3ccccc3)c3cc(-c4ccc5c6ccccc6c6ccccc6c5c4)c4ccccc4c3n2)cc1. The van der Waals surface area contributed by atoms with Crippen molar-refractivity contribution < 1.29 is 0 Å². The molecule has 9 aromatic rings. The van der Waals surface area contributed by atoms with Crippen LogP contribution in [0.2, 0.25) is 0 Å². The van der Waals surface area contributed by atoms with Gasteiger partial charge in [0.1, 0.15) is 0 Å². The molecule has 0 fully saturated rings. The van der Waals surface area contributed by atoms with Crippen LogP contribution in [0.5, 0.6) is 0 Å². The fraction of sp³-hybridized carbons (Fsp3) is 0. The van der Waals surface area contributed by atoms with Crippen molar-refractivity contribution in [2.75, 3.05) is 0 Å². The summed E-state index contributed by atoms with van der Waals surface area (Å²) < 4.78 is 0. The number of hydrogen-bond donors (Lipinski definition) is 0. The van der Waals surface area contributed by atoms with E-state index in [9.17, 15) is 0 Å². The van der Waals surface area contributed by atoms with Gasteiger partial charge < -0.3 is 0 Å². The summed E-state index contributed by atoms with van der Waals surface area (Å²) in [6, 6.07) is 56.1. The minimum absolute atomic E-state index is 0.735. The van der Waals surface area contributed by atoms with Crippen molar-refractivity contribution >= 4 is 54.0 Å². The third-order valence-electron chi connectivity index (χ3n) is 8.84. The average molecular weight is 559 g/mol. The highest BCUT2D eigenvalue weighted by Gasteiger charge is 2.18. The number of fused-ring (bicyclic) bond motifs is 9. The van der Waals surface area contributed by atoms with Crippen molar-refractivity contribution in [3.8, 4) is 33.8 Å². The summed E-state index contributed by atoms with van der Waals surface area (Å²) >= 11 is 0. The van der Waals surface area contributed by atoms with Gasteiger partial charge in [0, 0.05) is 21.9 Å². The zero-order valence-electron chi connectivity index (χ0n) is 23.9. The summed E-state index contributed by atoms with van der Waals surface area (Å²) in [6.45, 7) is 0. The van der Waals surface area contributed by atoms with Gasteiger partial charge in [-0.3, -0.25) is 0 Å². The van der Waals surface area contributed by atoms with Crippen LogP contribution in [0.3, 0.4) is 0 Å². The van der Waals surface area contributed by atoms with Crippen molar-refractivity contribution in [1.29, 1.82) is 0 Å². The first-order valence-electron chi connectivity index (χ1n) is 15.0. The van der Waals surface area contributed by atoms with Crippen LogP contribution in [0.15, 0.2) is 158 Å². The van der Waals surface area contributed by atoms with Gasteiger partial charge in [-0.15, -0.1) is 0 Å². The van der Waals surface area contributed by atoms with Crippen LogP contribution in [-0.4, -0.2) is 9.97 Å². The van der Waals surface area contributed by atoms with E-state index in [2.05, 4.69) is 140 Å². The molecule has 0 bridgehead atoms. The van der Waals surface area contributed by atoms with Crippen molar-refractivity contribution in [2.45, 2.75) is 0 Å². The maximum absolute atomic E-state index is 5.21. The van der Waals surface area contributed by atoms with Gasteiger partial charge in [0.25, 0.3) is 0 Å². The monoisotopic (exact) mass is 558 g/mol. The number of nitrogens with zero attached hydrogens (tertiary/aromatic N) is 2. The van der Waals surface area contributed by atoms with Crippen molar-refractivity contribution in [2.24, 2.45) is 0 Å². The fourth-order valence-electron chi connectivity index (χ4n) is 6.80. The normalized spacial score (nSPS) is 11.6. The summed E-state index contributed by atoms with van der Waals surface area (Å²) in [7, 11) is 0. The Labute approximate surface area is 254 Å². The zero-order chi connectivity index (χ0) is 29.0. The van der Waals surface area contributed by atoms with Crippen LogP contribution < -0.4 is 0 Å². The summed E-state index contributed by atoms with van der Waals surface area (Å²) in [6.07, 6.45) is 0. The molecule has 0 atom stereocenters. The Morgan fingerprint density at radius 3 is 1.43 bits per heavy atom. The van der Waals surface area contributed by atoms with Crippen molar-refractivity contribution in [3.63, 3.8) is 0 Å². The van der Waals surface area contributed by atoms with Gasteiger partial charge in [-0.25, -0.2) is 9.97 Å². The van der Waals surface area contributed by atoms with Gasteiger partial charge in [-0.05, 0) is 61.0 Å². The second-order valence-corrected chi connectivity index (χ2v) is 11.3. The van der Waals surface area contributed by atoms with E-state index >= 15 is 0 Å². The second-order valence-electron chi connectivity index (χ2n) is 11.3. The van der Waals surface area contributed by atoms with E-state index in [1.54, 1.807) is 0 Å². The molecule has 1 aromatic heterocycles. The molecule has 0 radical (unpaired) electrons. The summed E-state index contributed by atoms with van der Waals surface area (Å²) in [5.74, 6) is 0.735. The predicted molar refractivity (Wildman–Crippen MR) is 186 cm³/mol. The van der Waals surface area contributed by atoms with E-state index in [1.807, 2.05) is 18.2 Å². The van der Waals surface area contributed by atoms with Gasteiger partial charge in [0.2, 0.25) is 0 Å². The van der Waals surface area contributed by atoms with Crippen LogP contribution in [0.4, 0.5) is 0 Å². The minimum Gasteiger partial charge on any atom is -0.227 e. The fourth-order valence-corrected chi connectivity index (χ4v) is 6.80. The van der Waals surface area contributed by atoms with E-state index in [4.69, 9.17) is 9.97 Å². The smallest absolute Gasteiger partial charge is 0.160 e. The molecule has 204 valence electrons. The van der Waals surface area contributed by atoms with Gasteiger partial charge in [-0.1, -0.05) is 146 Å². The molecule has 44 heavy (non-hydrogen) atoms. The summed E-state index contributed by atoms with van der Waals surface area (Å²) in [5, 5.41) is 11.0. The topological polar surface area (TPSA) is 25.8 Å². The van der Waals surface area contributed by atoms with E-state index < -0.39 is 0 Å². The highest BCUT2D eigenvalue weighted by molar-refractivity contribution is 6.26. The van der Waals surface area contributed by atoms with E-state index in [1.165, 1.54) is 48.8 Å². The van der Waals surface area contributed by atoms with Crippen LogP contribution >= 0.6 is 0 Å². The molecule has 9 rings (SSSR count). The molecule has 1 heterocycles. The van der Waals surface area contributed by atoms with Crippen molar-refractivity contribution in [3.05, 3.63) is 158 Å². The Hall–Kier alpha value is -5.86. The molecule has 0 aliphatic heterocycles. The number of rotatable bonds is 3. The average Bonchev–Trinajstić information content (AvgIpc) is 3.11. The predicted octanol–water partition coefficient (Wildman–Crippen LogP) is 11.2. The maximum Gasteiger partial charge on any atom is 0.160 e. The lowest BCUT2D eigenvalue weighted by molar-refractivity contribution is 1.23. The standard InChI is InChI=1S/C42H26N2/c1-3-13-27(14-4-1)40-39-26-37(34-21-11-12-22-36(34)41(39)44-42(43-40)28-15-5-2-6-16-28)29-23-24-35-32-19-8-7-17-30(32)31-18-9-10-20-33(31)38(35)25-29/h1-26H. The van der Waals surface area contributed by atoms with Crippen LogP contribution in [-0.2, 0) is 0 Å². The Bertz CT molecular complexity index is 2500. The van der Waals surface area contributed by atoms with Gasteiger partial charge in [-0.2, -0.15) is 0 Å². The molecule has 0 unspecified atom stereocenters. The first-order valence-corrected chi connectivity index (χ1v) is 15.0. The second kappa shape index (κ2) is 9.86. The number of benzene rings is 8. The largest absolute Gasteiger partial charge is 0.227 e. The Morgan fingerprint density at radius 2 is 0.795 bits per heavy atom. The third-order valence-corrected chi connectivity index (χ3v) is 8.84. The van der Waals surface area contributed by atoms with Gasteiger partial charge in [0.15, 0.2) is 5.82 Å². The van der Waals surface area contributed by atoms with Gasteiger partial charge >= 0.3 is 0 Å². The molecule has 0 aliphatic rings. The zero-order valence-corrected chi connectivity index (χ0v) is 23.9. The Morgan fingerprint density at radius 1 is 0.295 bits per heavy atom. The molecular weight excluding hydrogens is 532 g/mol. The lowest BCUT2D eigenvalue weighted by Crippen LogP contribution is -1.97. The third kappa shape index (κ3) is 3.82. The molecule has 2 nitrogen and oxygen atoms in total. The minimum atomic E-state index is 0.735. The molecule has 0 spiro atoms. The van der Waals surface area contributed by atoms with Crippen LogP contribution in [0.25, 0.3) is 87.8 Å². The lowest BCUT2D eigenvalue weighted by atomic mass is 9.89.